The summed E-state index contributed by atoms with van der Waals surface area (Å²) in [7, 11) is 0.0746. The van der Waals surface area contributed by atoms with Gasteiger partial charge in [0, 0.05) is 20.3 Å². The SMILES string of the molecule is CCC(N)CO[Si](N)(OC)OC. The van der Waals surface area contributed by atoms with Crippen molar-refractivity contribution in [2.24, 2.45) is 11.1 Å². The van der Waals surface area contributed by atoms with Crippen molar-refractivity contribution in [2.75, 3.05) is 20.8 Å². The van der Waals surface area contributed by atoms with E-state index in [2.05, 4.69) is 0 Å². The largest absolute Gasteiger partial charge is 0.593 e. The fourth-order valence-corrected chi connectivity index (χ4v) is 1.39. The molecule has 0 heterocycles. The fourth-order valence-electron chi connectivity index (χ4n) is 0.542. The highest BCUT2D eigenvalue weighted by molar-refractivity contribution is 6.56. The molecule has 1 atom stereocenters. The summed E-state index contributed by atoms with van der Waals surface area (Å²) in [5.41, 5.74) is 5.62. The standard InChI is InChI=1S/C6H18N2O3Si/c1-4-6(7)5-11-12(8,9-2)10-3/h6H,4-5,7-8H2,1-3H3. The Bertz CT molecular complexity index is 121. The van der Waals surface area contributed by atoms with E-state index in [1.54, 1.807) is 0 Å². The van der Waals surface area contributed by atoms with Crippen LogP contribution < -0.4 is 11.1 Å². The molecule has 0 saturated heterocycles. The average molecular weight is 194 g/mol. The minimum Gasteiger partial charge on any atom is -0.365 e. The van der Waals surface area contributed by atoms with Crippen molar-refractivity contribution in [3.63, 3.8) is 0 Å². The molecule has 6 heteroatoms. The third kappa shape index (κ3) is 4.15. The zero-order valence-corrected chi connectivity index (χ0v) is 8.87. The summed E-state index contributed by atoms with van der Waals surface area (Å²) in [4.78, 5) is 0. The monoisotopic (exact) mass is 194 g/mol. The first-order chi connectivity index (χ1) is 5.58. The molecule has 0 aromatic rings. The summed E-state index contributed by atoms with van der Waals surface area (Å²) in [6, 6.07) is -0.00859. The second-order valence-corrected chi connectivity index (χ2v) is 4.80. The third-order valence-corrected chi connectivity index (χ3v) is 3.30. The van der Waals surface area contributed by atoms with Crippen molar-refractivity contribution >= 4 is 8.97 Å². The van der Waals surface area contributed by atoms with Crippen molar-refractivity contribution in [1.29, 1.82) is 0 Å². The van der Waals surface area contributed by atoms with Gasteiger partial charge in [-0.3, -0.25) is 5.40 Å². The smallest absolute Gasteiger partial charge is 0.365 e. The van der Waals surface area contributed by atoms with E-state index < -0.39 is 8.97 Å². The minimum atomic E-state index is -2.86. The molecule has 0 fully saturated rings. The second kappa shape index (κ2) is 5.63. The molecule has 5 nitrogen and oxygen atoms in total. The molecule has 0 spiro atoms. The van der Waals surface area contributed by atoms with Gasteiger partial charge in [0.15, 0.2) is 0 Å². The van der Waals surface area contributed by atoms with Crippen LogP contribution in [0.15, 0.2) is 0 Å². The normalized spacial score (nSPS) is 14.8. The molecule has 0 aliphatic heterocycles. The van der Waals surface area contributed by atoms with Gasteiger partial charge in [0.1, 0.15) is 0 Å². The Labute approximate surface area is 74.4 Å². The summed E-state index contributed by atoms with van der Waals surface area (Å²) in [6.07, 6.45) is 0.845. The van der Waals surface area contributed by atoms with Gasteiger partial charge in [-0.1, -0.05) is 6.92 Å². The molecule has 1 unspecified atom stereocenters. The van der Waals surface area contributed by atoms with Crippen LogP contribution in [0.1, 0.15) is 13.3 Å². The summed E-state index contributed by atoms with van der Waals surface area (Å²) >= 11 is 0. The Balaban J connectivity index is 3.72. The summed E-state index contributed by atoms with van der Waals surface area (Å²) in [5, 5.41) is 5.62. The van der Waals surface area contributed by atoms with Gasteiger partial charge in [0.2, 0.25) is 0 Å². The van der Waals surface area contributed by atoms with Crippen molar-refractivity contribution < 1.29 is 13.3 Å². The summed E-state index contributed by atoms with van der Waals surface area (Å²) in [6.45, 7) is 2.36. The van der Waals surface area contributed by atoms with Crippen LogP contribution in [0.2, 0.25) is 0 Å². The highest BCUT2D eigenvalue weighted by Gasteiger charge is 2.34. The maximum absolute atomic E-state index is 5.62. The van der Waals surface area contributed by atoms with Crippen LogP contribution in [0, 0.1) is 0 Å². The summed E-state index contributed by atoms with van der Waals surface area (Å²) in [5.74, 6) is 0. The lowest BCUT2D eigenvalue weighted by molar-refractivity contribution is 0.0928. The Kier molecular flexibility index (Phi) is 5.63. The Morgan fingerprint density at radius 1 is 1.33 bits per heavy atom. The molecule has 0 aliphatic carbocycles. The van der Waals surface area contributed by atoms with E-state index >= 15 is 0 Å². The van der Waals surface area contributed by atoms with E-state index in [0.717, 1.165) is 6.42 Å². The van der Waals surface area contributed by atoms with Gasteiger partial charge in [0.25, 0.3) is 0 Å². The maximum atomic E-state index is 5.62. The van der Waals surface area contributed by atoms with Gasteiger partial charge in [-0.2, -0.15) is 0 Å². The van der Waals surface area contributed by atoms with Crippen molar-refractivity contribution in [3.8, 4) is 0 Å². The van der Waals surface area contributed by atoms with Crippen LogP contribution in [-0.2, 0) is 13.3 Å². The molecule has 0 bridgehead atoms. The molecule has 0 saturated carbocycles. The van der Waals surface area contributed by atoms with Crippen LogP contribution in [0.3, 0.4) is 0 Å². The first kappa shape index (κ1) is 12.0. The molecule has 4 N–H and O–H groups in total. The number of rotatable bonds is 6. The quantitative estimate of drug-likeness (QED) is 0.553. The van der Waals surface area contributed by atoms with Crippen LogP contribution in [0.5, 0.6) is 0 Å². The molecular formula is C6H18N2O3Si. The Morgan fingerprint density at radius 2 is 1.83 bits per heavy atom. The lowest BCUT2D eigenvalue weighted by Crippen LogP contribution is -2.55. The number of hydrogen-bond acceptors (Lipinski definition) is 5. The van der Waals surface area contributed by atoms with Crippen molar-refractivity contribution in [3.05, 3.63) is 0 Å². The predicted molar refractivity (Wildman–Crippen MR) is 48.2 cm³/mol. The molecular weight excluding hydrogens is 176 g/mol. The van der Waals surface area contributed by atoms with Crippen LogP contribution >= 0.6 is 0 Å². The maximum Gasteiger partial charge on any atom is 0.593 e. The van der Waals surface area contributed by atoms with Gasteiger partial charge >= 0.3 is 8.97 Å². The zero-order chi connectivity index (χ0) is 9.61. The fraction of sp³-hybridized carbons (Fsp3) is 1.00. The first-order valence-electron chi connectivity index (χ1n) is 3.86. The molecule has 0 amide bonds. The summed E-state index contributed by atoms with van der Waals surface area (Å²) < 4.78 is 15.0. The molecule has 74 valence electrons. The number of hydrogen-bond donors (Lipinski definition) is 2. The number of nitrogens with two attached hydrogens (primary N) is 2. The second-order valence-electron chi connectivity index (χ2n) is 2.49. The minimum absolute atomic E-state index is 0.00859. The van der Waals surface area contributed by atoms with E-state index in [1.165, 1.54) is 14.2 Å². The van der Waals surface area contributed by atoms with Crippen molar-refractivity contribution in [1.82, 2.24) is 0 Å². The molecule has 12 heavy (non-hydrogen) atoms. The van der Waals surface area contributed by atoms with Gasteiger partial charge < -0.3 is 19.0 Å². The molecule has 0 aliphatic rings. The lowest BCUT2D eigenvalue weighted by Gasteiger charge is -2.22. The topological polar surface area (TPSA) is 79.7 Å². The molecule has 0 aromatic heterocycles. The van der Waals surface area contributed by atoms with Gasteiger partial charge in [-0.15, -0.1) is 0 Å². The van der Waals surface area contributed by atoms with Crippen LogP contribution in [0.4, 0.5) is 0 Å². The van der Waals surface area contributed by atoms with Gasteiger partial charge in [-0.25, -0.2) is 0 Å². The highest BCUT2D eigenvalue weighted by atomic mass is 28.4. The van der Waals surface area contributed by atoms with Crippen molar-refractivity contribution in [2.45, 2.75) is 19.4 Å². The van der Waals surface area contributed by atoms with E-state index in [9.17, 15) is 0 Å². The molecule has 0 radical (unpaired) electrons. The predicted octanol–water partition coefficient (Wildman–Crippen LogP) is -0.573. The van der Waals surface area contributed by atoms with E-state index in [1.807, 2.05) is 6.92 Å². The van der Waals surface area contributed by atoms with Crippen LogP contribution in [0.25, 0.3) is 0 Å². The van der Waals surface area contributed by atoms with Gasteiger partial charge in [0.05, 0.1) is 6.61 Å². The zero-order valence-electron chi connectivity index (χ0n) is 7.87. The van der Waals surface area contributed by atoms with Crippen LogP contribution in [-0.4, -0.2) is 35.8 Å². The Morgan fingerprint density at radius 3 is 2.17 bits per heavy atom. The molecule has 0 aromatic carbocycles. The third-order valence-electron chi connectivity index (χ3n) is 1.59. The van der Waals surface area contributed by atoms with Gasteiger partial charge in [-0.05, 0) is 6.42 Å². The molecule has 0 rings (SSSR count). The van der Waals surface area contributed by atoms with E-state index in [-0.39, 0.29) is 6.04 Å². The van der Waals surface area contributed by atoms with E-state index in [0.29, 0.717) is 6.61 Å². The average Bonchev–Trinajstić information content (AvgIpc) is 2.13. The Hall–Kier alpha value is 0.0169. The first-order valence-corrected chi connectivity index (χ1v) is 5.67. The van der Waals surface area contributed by atoms with E-state index in [4.69, 9.17) is 24.4 Å². The lowest BCUT2D eigenvalue weighted by atomic mass is 10.3. The highest BCUT2D eigenvalue weighted by Crippen LogP contribution is 1.99.